The zero-order valence-corrected chi connectivity index (χ0v) is 15.4. The Labute approximate surface area is 157 Å². The predicted molar refractivity (Wildman–Crippen MR) is 98.2 cm³/mol. The van der Waals surface area contributed by atoms with Crippen LogP contribution in [0.15, 0.2) is 57.5 Å². The number of rotatable bonds is 4. The minimum absolute atomic E-state index is 0.0408. The van der Waals surface area contributed by atoms with Gasteiger partial charge in [0, 0.05) is 17.4 Å². The molecule has 1 aromatic rings. The lowest BCUT2D eigenvalue weighted by molar-refractivity contribution is -0.137. The maximum absolute atomic E-state index is 12.6. The number of hydrogen-bond acceptors (Lipinski definition) is 3. The standard InChI is InChI=1S/C19H15BrF3NO2/c1-2-24-16-9-8-14(20)11-15(18(16)26)17(25)10-5-12-3-6-13(7-4-12)19(21,22)23/h3-8,10-11H,2,9H2,1H3/b10-5+,24-16?. The Balaban J connectivity index is 2.22. The van der Waals surface area contributed by atoms with Crippen LogP contribution in [-0.2, 0) is 15.8 Å². The van der Waals surface area contributed by atoms with Crippen molar-refractivity contribution in [2.45, 2.75) is 19.5 Å². The molecule has 1 aromatic carbocycles. The number of allylic oxidation sites excluding steroid dienone is 5. The first-order valence-electron chi connectivity index (χ1n) is 7.77. The average molecular weight is 426 g/mol. The largest absolute Gasteiger partial charge is 0.416 e. The van der Waals surface area contributed by atoms with E-state index >= 15 is 0 Å². The average Bonchev–Trinajstić information content (AvgIpc) is 2.73. The van der Waals surface area contributed by atoms with Crippen LogP contribution >= 0.6 is 15.9 Å². The third-order valence-corrected chi connectivity index (χ3v) is 4.11. The summed E-state index contributed by atoms with van der Waals surface area (Å²) in [6.45, 7) is 2.22. The first-order chi connectivity index (χ1) is 12.2. The van der Waals surface area contributed by atoms with Gasteiger partial charge in [0.05, 0.1) is 16.8 Å². The molecule has 0 spiro atoms. The summed E-state index contributed by atoms with van der Waals surface area (Å²) in [5.41, 5.74) is -0.0901. The highest BCUT2D eigenvalue weighted by molar-refractivity contribution is 9.11. The second-order valence-electron chi connectivity index (χ2n) is 5.42. The first kappa shape index (κ1) is 20.0. The summed E-state index contributed by atoms with van der Waals surface area (Å²) in [5, 5.41) is 0. The highest BCUT2D eigenvalue weighted by Gasteiger charge is 2.29. The van der Waals surface area contributed by atoms with Gasteiger partial charge in [-0.2, -0.15) is 13.2 Å². The molecule has 0 atom stereocenters. The van der Waals surface area contributed by atoms with E-state index in [0.29, 0.717) is 28.7 Å². The Morgan fingerprint density at radius 1 is 1.27 bits per heavy atom. The molecule has 26 heavy (non-hydrogen) atoms. The van der Waals surface area contributed by atoms with Crippen LogP contribution in [0.5, 0.6) is 0 Å². The van der Waals surface area contributed by atoms with Crippen LogP contribution in [0.4, 0.5) is 13.2 Å². The number of carbonyl (C=O) groups is 2. The van der Waals surface area contributed by atoms with E-state index in [9.17, 15) is 22.8 Å². The summed E-state index contributed by atoms with van der Waals surface area (Å²) < 4.78 is 38.3. The summed E-state index contributed by atoms with van der Waals surface area (Å²) >= 11 is 3.27. The van der Waals surface area contributed by atoms with Gasteiger partial charge in [0.25, 0.3) is 0 Å². The minimum atomic E-state index is -4.41. The maximum Gasteiger partial charge on any atom is 0.416 e. The van der Waals surface area contributed by atoms with Crippen molar-refractivity contribution in [3.05, 3.63) is 63.7 Å². The van der Waals surface area contributed by atoms with Crippen molar-refractivity contribution in [1.29, 1.82) is 0 Å². The summed E-state index contributed by atoms with van der Waals surface area (Å²) in [6, 6.07) is 4.39. The van der Waals surface area contributed by atoms with Gasteiger partial charge >= 0.3 is 6.18 Å². The SMILES string of the molecule is CCN=C1CC=C(Br)C=C(C(=O)/C=C/c2ccc(C(F)(F)F)cc2)C1=O. The summed E-state index contributed by atoms with van der Waals surface area (Å²) in [5.74, 6) is -0.981. The quantitative estimate of drug-likeness (QED) is 0.507. The molecule has 0 aromatic heterocycles. The molecule has 2 rings (SSSR count). The topological polar surface area (TPSA) is 46.5 Å². The fourth-order valence-electron chi connectivity index (χ4n) is 2.26. The molecule has 0 N–H and O–H groups in total. The highest BCUT2D eigenvalue weighted by Crippen LogP contribution is 2.29. The smallest absolute Gasteiger partial charge is 0.289 e. The van der Waals surface area contributed by atoms with Crippen LogP contribution in [0.3, 0.4) is 0 Å². The van der Waals surface area contributed by atoms with Crippen LogP contribution < -0.4 is 0 Å². The molecule has 1 aliphatic rings. The zero-order valence-electron chi connectivity index (χ0n) is 13.8. The van der Waals surface area contributed by atoms with Crippen molar-refractivity contribution in [2.24, 2.45) is 4.99 Å². The number of aliphatic imine (C=N–C) groups is 1. The Hall–Kier alpha value is -2.28. The van der Waals surface area contributed by atoms with E-state index in [0.717, 1.165) is 12.1 Å². The first-order valence-corrected chi connectivity index (χ1v) is 8.56. The van der Waals surface area contributed by atoms with E-state index in [1.807, 2.05) is 0 Å². The number of carbonyl (C=O) groups excluding carboxylic acids is 2. The normalized spacial score (nSPS) is 17.3. The zero-order chi connectivity index (χ0) is 19.3. The van der Waals surface area contributed by atoms with Crippen LogP contribution in [0.1, 0.15) is 24.5 Å². The number of alkyl halides is 3. The van der Waals surface area contributed by atoms with Crippen LogP contribution in [0.25, 0.3) is 6.08 Å². The molecule has 1 aliphatic carbocycles. The van der Waals surface area contributed by atoms with Crippen molar-refractivity contribution in [3.8, 4) is 0 Å². The number of hydrogen-bond donors (Lipinski definition) is 0. The van der Waals surface area contributed by atoms with Gasteiger partial charge in [-0.05, 0) is 36.8 Å². The lowest BCUT2D eigenvalue weighted by Crippen LogP contribution is -2.20. The Bertz CT molecular complexity index is 831. The molecule has 0 amide bonds. The van der Waals surface area contributed by atoms with E-state index in [1.165, 1.54) is 30.4 Å². The van der Waals surface area contributed by atoms with Crippen LogP contribution in [-0.4, -0.2) is 23.8 Å². The number of ketones is 2. The molecule has 0 unspecified atom stereocenters. The van der Waals surface area contributed by atoms with Gasteiger partial charge in [0.1, 0.15) is 0 Å². The lowest BCUT2D eigenvalue weighted by atomic mass is 10.0. The maximum atomic E-state index is 12.6. The van der Waals surface area contributed by atoms with Gasteiger partial charge in [0.15, 0.2) is 5.78 Å². The van der Waals surface area contributed by atoms with E-state index in [1.54, 1.807) is 13.0 Å². The predicted octanol–water partition coefficient (Wildman–Crippen LogP) is 4.93. The van der Waals surface area contributed by atoms with Gasteiger partial charge in [-0.25, -0.2) is 0 Å². The number of nitrogens with zero attached hydrogens (tertiary/aromatic N) is 1. The van der Waals surface area contributed by atoms with Gasteiger partial charge in [-0.3, -0.25) is 14.6 Å². The molecule has 0 fully saturated rings. The molecule has 3 nitrogen and oxygen atoms in total. The van der Waals surface area contributed by atoms with Crippen molar-refractivity contribution < 1.29 is 22.8 Å². The van der Waals surface area contributed by atoms with Gasteiger partial charge in [-0.1, -0.05) is 40.2 Å². The summed E-state index contributed by atoms with van der Waals surface area (Å²) in [4.78, 5) is 29.0. The van der Waals surface area contributed by atoms with Gasteiger partial charge < -0.3 is 0 Å². The van der Waals surface area contributed by atoms with Crippen LogP contribution in [0, 0.1) is 0 Å². The van der Waals surface area contributed by atoms with Crippen LogP contribution in [0.2, 0.25) is 0 Å². The van der Waals surface area contributed by atoms with Crippen molar-refractivity contribution in [3.63, 3.8) is 0 Å². The molecule has 0 aliphatic heterocycles. The van der Waals surface area contributed by atoms with E-state index < -0.39 is 23.3 Å². The molecule has 0 saturated carbocycles. The minimum Gasteiger partial charge on any atom is -0.289 e. The van der Waals surface area contributed by atoms with Crippen molar-refractivity contribution >= 4 is 39.3 Å². The number of halogens is 4. The molecule has 7 heteroatoms. The van der Waals surface area contributed by atoms with Gasteiger partial charge in [-0.15, -0.1) is 0 Å². The second-order valence-corrected chi connectivity index (χ2v) is 6.33. The Kier molecular flexibility index (Phi) is 6.47. The highest BCUT2D eigenvalue weighted by atomic mass is 79.9. The fraction of sp³-hybridized carbons (Fsp3) is 0.211. The molecular weight excluding hydrogens is 411 g/mol. The molecule has 0 radical (unpaired) electrons. The monoisotopic (exact) mass is 425 g/mol. The molecule has 0 heterocycles. The molecular formula is C19H15BrF3NO2. The summed E-state index contributed by atoms with van der Waals surface area (Å²) in [6.07, 6.45) is 1.62. The van der Waals surface area contributed by atoms with Crippen molar-refractivity contribution in [1.82, 2.24) is 0 Å². The van der Waals surface area contributed by atoms with E-state index in [4.69, 9.17) is 0 Å². The molecule has 136 valence electrons. The third-order valence-electron chi connectivity index (χ3n) is 3.56. The second kappa shape index (κ2) is 8.40. The third kappa shape index (κ3) is 5.11. The summed E-state index contributed by atoms with van der Waals surface area (Å²) in [7, 11) is 0. The van der Waals surface area contributed by atoms with E-state index in [2.05, 4.69) is 20.9 Å². The Morgan fingerprint density at radius 2 is 1.92 bits per heavy atom. The molecule has 0 saturated heterocycles. The Morgan fingerprint density at radius 3 is 2.50 bits per heavy atom. The number of Topliss-reactive ketones (excluding diaryl/α,β-unsaturated/α-hetero) is 1. The fourth-order valence-corrected chi connectivity index (χ4v) is 2.65. The number of benzene rings is 1. The molecule has 0 bridgehead atoms. The van der Waals surface area contributed by atoms with E-state index in [-0.39, 0.29) is 5.57 Å². The van der Waals surface area contributed by atoms with Gasteiger partial charge in [0.2, 0.25) is 5.78 Å². The van der Waals surface area contributed by atoms with Crippen molar-refractivity contribution in [2.75, 3.05) is 6.54 Å². The lowest BCUT2D eigenvalue weighted by Gasteiger charge is -2.06.